The monoisotopic (exact) mass is 227 g/mol. The van der Waals surface area contributed by atoms with E-state index < -0.39 is 0 Å². The Kier molecular flexibility index (Phi) is 5.34. The summed E-state index contributed by atoms with van der Waals surface area (Å²) >= 11 is 0. The average molecular weight is 227 g/mol. The number of nitrogens with zero attached hydrogens (tertiary/aromatic N) is 5. The molecule has 0 aliphatic heterocycles. The number of aromatic nitrogens is 4. The maximum atomic E-state index is 9.06. The number of aryl methyl sites for hydroxylation is 1. The lowest BCUT2D eigenvalue weighted by Crippen LogP contribution is -2.36. The molecule has 1 heterocycles. The van der Waals surface area contributed by atoms with Gasteiger partial charge in [0.1, 0.15) is 0 Å². The van der Waals surface area contributed by atoms with E-state index in [9.17, 15) is 0 Å². The van der Waals surface area contributed by atoms with Crippen LogP contribution in [0.1, 0.15) is 32.5 Å². The first-order valence-corrected chi connectivity index (χ1v) is 5.79. The number of hydrogen-bond donors (Lipinski definition) is 1. The van der Waals surface area contributed by atoms with E-state index in [2.05, 4.69) is 34.2 Å². The van der Waals surface area contributed by atoms with Crippen molar-refractivity contribution in [2.45, 2.75) is 39.3 Å². The lowest BCUT2D eigenvalue weighted by Gasteiger charge is -2.28. The van der Waals surface area contributed by atoms with Crippen LogP contribution >= 0.6 is 0 Å². The fourth-order valence-electron chi connectivity index (χ4n) is 1.89. The van der Waals surface area contributed by atoms with E-state index in [0.29, 0.717) is 25.0 Å². The third kappa shape index (κ3) is 3.53. The molecule has 0 amide bonds. The van der Waals surface area contributed by atoms with Gasteiger partial charge in [0, 0.05) is 12.6 Å². The molecule has 0 aliphatic rings. The third-order valence-electron chi connectivity index (χ3n) is 2.74. The van der Waals surface area contributed by atoms with Crippen LogP contribution in [0.15, 0.2) is 0 Å². The summed E-state index contributed by atoms with van der Waals surface area (Å²) < 4.78 is 0. The van der Waals surface area contributed by atoms with Crippen molar-refractivity contribution >= 4 is 0 Å². The Labute approximate surface area is 96.3 Å². The summed E-state index contributed by atoms with van der Waals surface area (Å²) in [5, 5.41) is 21.0. The van der Waals surface area contributed by atoms with E-state index in [4.69, 9.17) is 5.11 Å². The van der Waals surface area contributed by atoms with Crippen LogP contribution in [-0.2, 0) is 13.6 Å². The van der Waals surface area contributed by atoms with Crippen LogP contribution in [0.4, 0.5) is 0 Å². The molecule has 16 heavy (non-hydrogen) atoms. The maximum Gasteiger partial charge on any atom is 0.188 e. The molecule has 0 aromatic carbocycles. The van der Waals surface area contributed by atoms with Gasteiger partial charge in [0.15, 0.2) is 5.82 Å². The molecule has 6 nitrogen and oxygen atoms in total. The highest BCUT2D eigenvalue weighted by Gasteiger charge is 2.16. The van der Waals surface area contributed by atoms with Gasteiger partial charge in [-0.05, 0) is 18.1 Å². The molecular weight excluding hydrogens is 206 g/mol. The highest BCUT2D eigenvalue weighted by molar-refractivity contribution is 4.80. The standard InChI is InChI=1S/C10H21N5O/c1-4-9(5-2)15(6-7-16)8-10-11-13-14(3)12-10/h9,16H,4-8H2,1-3H3. The largest absolute Gasteiger partial charge is 0.395 e. The topological polar surface area (TPSA) is 67.1 Å². The summed E-state index contributed by atoms with van der Waals surface area (Å²) in [6.45, 7) is 5.79. The molecule has 0 saturated carbocycles. The summed E-state index contributed by atoms with van der Waals surface area (Å²) in [5.41, 5.74) is 0. The molecule has 1 aromatic heterocycles. The molecule has 0 unspecified atom stereocenters. The molecule has 1 N–H and O–H groups in total. The van der Waals surface area contributed by atoms with Crippen LogP contribution in [0.2, 0.25) is 0 Å². The summed E-state index contributed by atoms with van der Waals surface area (Å²) in [6.07, 6.45) is 2.13. The predicted molar refractivity (Wildman–Crippen MR) is 60.7 cm³/mol. The van der Waals surface area contributed by atoms with Crippen molar-refractivity contribution in [1.29, 1.82) is 0 Å². The minimum Gasteiger partial charge on any atom is -0.395 e. The third-order valence-corrected chi connectivity index (χ3v) is 2.74. The van der Waals surface area contributed by atoms with E-state index in [1.165, 1.54) is 4.80 Å². The molecule has 0 bridgehead atoms. The summed E-state index contributed by atoms with van der Waals surface area (Å²) in [4.78, 5) is 3.66. The Morgan fingerprint density at radius 2 is 2.06 bits per heavy atom. The van der Waals surface area contributed by atoms with E-state index >= 15 is 0 Å². The second-order valence-corrected chi connectivity index (χ2v) is 3.86. The van der Waals surface area contributed by atoms with Crippen LogP contribution in [0, 0.1) is 0 Å². The van der Waals surface area contributed by atoms with Crippen LogP contribution in [0.5, 0.6) is 0 Å². The Morgan fingerprint density at radius 3 is 2.50 bits per heavy atom. The van der Waals surface area contributed by atoms with Gasteiger partial charge in [-0.2, -0.15) is 4.80 Å². The molecule has 92 valence electrons. The minimum atomic E-state index is 0.163. The number of aliphatic hydroxyl groups is 1. The van der Waals surface area contributed by atoms with Gasteiger partial charge >= 0.3 is 0 Å². The summed E-state index contributed by atoms with van der Waals surface area (Å²) in [7, 11) is 1.75. The van der Waals surface area contributed by atoms with Gasteiger partial charge in [0.2, 0.25) is 0 Å². The zero-order valence-electron chi connectivity index (χ0n) is 10.3. The van der Waals surface area contributed by atoms with E-state index in [1.54, 1.807) is 7.05 Å². The van der Waals surface area contributed by atoms with Gasteiger partial charge in [-0.15, -0.1) is 10.2 Å². The molecule has 0 atom stereocenters. The first-order valence-electron chi connectivity index (χ1n) is 5.79. The Bertz CT molecular complexity index is 297. The quantitative estimate of drug-likeness (QED) is 0.720. The van der Waals surface area contributed by atoms with E-state index in [-0.39, 0.29) is 6.61 Å². The Hall–Kier alpha value is -1.01. The molecule has 0 spiro atoms. The second kappa shape index (κ2) is 6.55. The number of hydrogen-bond acceptors (Lipinski definition) is 5. The first kappa shape index (κ1) is 13.1. The fraction of sp³-hybridized carbons (Fsp3) is 0.900. The first-order chi connectivity index (χ1) is 7.71. The van der Waals surface area contributed by atoms with Crippen LogP contribution in [-0.4, -0.2) is 49.4 Å². The van der Waals surface area contributed by atoms with E-state index in [0.717, 1.165) is 12.8 Å². The number of rotatable bonds is 7. The zero-order valence-corrected chi connectivity index (χ0v) is 10.3. The molecule has 0 aliphatic carbocycles. The van der Waals surface area contributed by atoms with Crippen LogP contribution in [0.25, 0.3) is 0 Å². The molecule has 0 fully saturated rings. The summed E-state index contributed by atoms with van der Waals surface area (Å²) in [6, 6.07) is 0.468. The van der Waals surface area contributed by atoms with Gasteiger partial charge in [-0.3, -0.25) is 4.90 Å². The molecule has 1 aromatic rings. The highest BCUT2D eigenvalue weighted by atomic mass is 16.3. The van der Waals surface area contributed by atoms with Crippen LogP contribution < -0.4 is 0 Å². The lowest BCUT2D eigenvalue weighted by molar-refractivity contribution is 0.133. The molecular formula is C10H21N5O. The smallest absolute Gasteiger partial charge is 0.188 e. The number of aliphatic hydroxyl groups excluding tert-OH is 1. The molecule has 1 rings (SSSR count). The predicted octanol–water partition coefficient (Wildman–Crippen LogP) is 0.193. The molecule has 0 radical (unpaired) electrons. The SMILES string of the molecule is CCC(CC)N(CCO)Cc1nnn(C)n1. The lowest BCUT2D eigenvalue weighted by atomic mass is 10.1. The van der Waals surface area contributed by atoms with Crippen molar-refractivity contribution in [2.75, 3.05) is 13.2 Å². The van der Waals surface area contributed by atoms with Gasteiger partial charge in [0.05, 0.1) is 20.2 Å². The maximum absolute atomic E-state index is 9.06. The normalized spacial score (nSPS) is 11.6. The van der Waals surface area contributed by atoms with Crippen LogP contribution in [0.3, 0.4) is 0 Å². The van der Waals surface area contributed by atoms with Crippen molar-refractivity contribution in [1.82, 2.24) is 25.1 Å². The van der Waals surface area contributed by atoms with Crippen molar-refractivity contribution in [3.8, 4) is 0 Å². The van der Waals surface area contributed by atoms with Gasteiger partial charge in [-0.1, -0.05) is 13.8 Å². The molecule has 0 saturated heterocycles. The number of tetrazole rings is 1. The van der Waals surface area contributed by atoms with Gasteiger partial charge in [-0.25, -0.2) is 0 Å². The second-order valence-electron chi connectivity index (χ2n) is 3.86. The van der Waals surface area contributed by atoms with Crippen molar-refractivity contribution in [3.63, 3.8) is 0 Å². The average Bonchev–Trinajstić information content (AvgIpc) is 2.66. The minimum absolute atomic E-state index is 0.163. The van der Waals surface area contributed by atoms with Crippen molar-refractivity contribution in [3.05, 3.63) is 5.82 Å². The Morgan fingerprint density at radius 1 is 1.38 bits per heavy atom. The Balaban J connectivity index is 2.63. The zero-order chi connectivity index (χ0) is 12.0. The fourth-order valence-corrected chi connectivity index (χ4v) is 1.89. The highest BCUT2D eigenvalue weighted by Crippen LogP contribution is 2.10. The van der Waals surface area contributed by atoms with Crippen molar-refractivity contribution in [2.24, 2.45) is 7.05 Å². The van der Waals surface area contributed by atoms with Crippen molar-refractivity contribution < 1.29 is 5.11 Å². The molecule has 6 heteroatoms. The van der Waals surface area contributed by atoms with Gasteiger partial charge < -0.3 is 5.11 Å². The van der Waals surface area contributed by atoms with Gasteiger partial charge in [0.25, 0.3) is 0 Å². The summed E-state index contributed by atoms with van der Waals surface area (Å²) in [5.74, 6) is 0.711. The van der Waals surface area contributed by atoms with E-state index in [1.807, 2.05) is 0 Å².